The molecule has 132 valence electrons. The summed E-state index contributed by atoms with van der Waals surface area (Å²) in [5.41, 5.74) is 3.71. The van der Waals surface area contributed by atoms with Crippen LogP contribution in [0.5, 0.6) is 5.75 Å². The van der Waals surface area contributed by atoms with Crippen molar-refractivity contribution in [1.82, 2.24) is 0 Å². The molecule has 0 bridgehead atoms. The Kier molecular flexibility index (Phi) is 5.09. The molecule has 0 radical (unpaired) electrons. The zero-order valence-corrected chi connectivity index (χ0v) is 15.1. The van der Waals surface area contributed by atoms with E-state index in [0.717, 1.165) is 28.3 Å². The Morgan fingerprint density at radius 3 is 2.31 bits per heavy atom. The van der Waals surface area contributed by atoms with Gasteiger partial charge in [0.1, 0.15) is 5.75 Å². The highest BCUT2D eigenvalue weighted by molar-refractivity contribution is 6.30. The van der Waals surface area contributed by atoms with Gasteiger partial charge in [0.05, 0.1) is 12.0 Å². The zero-order valence-electron chi connectivity index (χ0n) is 14.3. The normalized spacial score (nSPS) is 10.4. The van der Waals surface area contributed by atoms with Gasteiger partial charge in [-0.3, -0.25) is 10.1 Å². The minimum atomic E-state index is -0.408. The smallest absolute Gasteiger partial charge is 0.269 e. The molecule has 5 nitrogen and oxygen atoms in total. The molecule has 0 aliphatic carbocycles. The highest BCUT2D eigenvalue weighted by Crippen LogP contribution is 2.36. The molecule has 26 heavy (non-hydrogen) atoms. The molecule has 0 spiro atoms. The van der Waals surface area contributed by atoms with Crippen LogP contribution in [0.2, 0.25) is 5.02 Å². The largest absolute Gasteiger partial charge is 0.496 e. The number of non-ortho nitro benzene ring substituents is 1. The fourth-order valence-electron chi connectivity index (χ4n) is 2.73. The number of nitro groups is 1. The molecular formula is C20H17ClN2O3. The Morgan fingerprint density at radius 2 is 1.69 bits per heavy atom. The molecule has 6 heteroatoms. The van der Waals surface area contributed by atoms with Gasteiger partial charge < -0.3 is 9.64 Å². The SMILES string of the molecule is COc1ccc(N(C)c2ccc([N+](=O)[O-])cc2)cc1-c1cccc(Cl)c1. The first-order valence-electron chi connectivity index (χ1n) is 7.92. The maximum absolute atomic E-state index is 10.8. The third-order valence-electron chi connectivity index (χ3n) is 4.15. The van der Waals surface area contributed by atoms with Crippen molar-refractivity contribution in [3.05, 3.63) is 81.9 Å². The Hall–Kier alpha value is -3.05. The van der Waals surface area contributed by atoms with Gasteiger partial charge in [-0.05, 0) is 48.0 Å². The molecule has 0 amide bonds. The Labute approximate surface area is 156 Å². The molecule has 0 N–H and O–H groups in total. The van der Waals surface area contributed by atoms with Gasteiger partial charge in [0.25, 0.3) is 5.69 Å². The van der Waals surface area contributed by atoms with E-state index in [1.165, 1.54) is 12.1 Å². The van der Waals surface area contributed by atoms with Gasteiger partial charge in [-0.25, -0.2) is 0 Å². The van der Waals surface area contributed by atoms with Crippen molar-refractivity contribution in [2.75, 3.05) is 19.1 Å². The molecule has 0 unspecified atom stereocenters. The second-order valence-corrected chi connectivity index (χ2v) is 6.16. The van der Waals surface area contributed by atoms with Gasteiger partial charge in [-0.1, -0.05) is 23.7 Å². The number of halogens is 1. The Morgan fingerprint density at radius 1 is 1.00 bits per heavy atom. The van der Waals surface area contributed by atoms with Crippen molar-refractivity contribution >= 4 is 28.7 Å². The molecule has 3 aromatic rings. The molecule has 0 atom stereocenters. The van der Waals surface area contributed by atoms with Crippen molar-refractivity contribution in [2.45, 2.75) is 0 Å². The lowest BCUT2D eigenvalue weighted by atomic mass is 10.0. The summed E-state index contributed by atoms with van der Waals surface area (Å²) in [7, 11) is 3.54. The highest BCUT2D eigenvalue weighted by atomic mass is 35.5. The van der Waals surface area contributed by atoms with Crippen LogP contribution >= 0.6 is 11.6 Å². The van der Waals surface area contributed by atoms with Crippen molar-refractivity contribution < 1.29 is 9.66 Å². The van der Waals surface area contributed by atoms with Crippen LogP contribution in [0, 0.1) is 10.1 Å². The summed E-state index contributed by atoms with van der Waals surface area (Å²) in [6, 6.07) is 19.8. The van der Waals surface area contributed by atoms with Crippen LogP contribution in [0.4, 0.5) is 17.1 Å². The van der Waals surface area contributed by atoms with Gasteiger partial charge in [-0.15, -0.1) is 0 Å². The van der Waals surface area contributed by atoms with E-state index in [1.54, 1.807) is 19.2 Å². The summed E-state index contributed by atoms with van der Waals surface area (Å²) in [5, 5.41) is 11.5. The van der Waals surface area contributed by atoms with E-state index >= 15 is 0 Å². The lowest BCUT2D eigenvalue weighted by Gasteiger charge is -2.21. The fraction of sp³-hybridized carbons (Fsp3) is 0.100. The van der Waals surface area contributed by atoms with E-state index in [4.69, 9.17) is 16.3 Å². The maximum Gasteiger partial charge on any atom is 0.269 e. The van der Waals surface area contributed by atoms with Gasteiger partial charge in [0, 0.05) is 41.1 Å². The molecule has 0 aliphatic heterocycles. The monoisotopic (exact) mass is 368 g/mol. The molecule has 0 saturated heterocycles. The lowest BCUT2D eigenvalue weighted by molar-refractivity contribution is -0.384. The standard InChI is InChI=1S/C20H17ClN2O3/c1-22(16-6-8-17(9-7-16)23(24)25)18-10-11-20(26-2)19(13-18)14-4-3-5-15(21)12-14/h3-13H,1-2H3. The number of methoxy groups -OCH3 is 1. The number of ether oxygens (including phenoxy) is 1. The van der Waals surface area contributed by atoms with Crippen molar-refractivity contribution in [3.8, 4) is 16.9 Å². The van der Waals surface area contributed by atoms with Crippen molar-refractivity contribution in [1.29, 1.82) is 0 Å². The van der Waals surface area contributed by atoms with Crippen LogP contribution in [-0.2, 0) is 0 Å². The number of anilines is 2. The molecule has 0 saturated carbocycles. The van der Waals surface area contributed by atoms with Crippen molar-refractivity contribution in [3.63, 3.8) is 0 Å². The summed E-state index contributed by atoms with van der Waals surface area (Å²) >= 11 is 6.12. The molecule has 0 heterocycles. The summed E-state index contributed by atoms with van der Waals surface area (Å²) < 4.78 is 5.49. The predicted molar refractivity (Wildman–Crippen MR) is 105 cm³/mol. The van der Waals surface area contributed by atoms with E-state index in [9.17, 15) is 10.1 Å². The number of hydrogen-bond donors (Lipinski definition) is 0. The molecule has 3 rings (SSSR count). The molecular weight excluding hydrogens is 352 g/mol. The van der Waals surface area contributed by atoms with E-state index in [1.807, 2.05) is 54.4 Å². The van der Waals surface area contributed by atoms with Crippen LogP contribution < -0.4 is 9.64 Å². The summed E-state index contributed by atoms with van der Waals surface area (Å²) in [5.74, 6) is 0.744. The average Bonchev–Trinajstić information content (AvgIpc) is 2.67. The van der Waals surface area contributed by atoms with E-state index in [0.29, 0.717) is 5.02 Å². The topological polar surface area (TPSA) is 55.6 Å². The quantitative estimate of drug-likeness (QED) is 0.428. The van der Waals surface area contributed by atoms with E-state index in [-0.39, 0.29) is 5.69 Å². The van der Waals surface area contributed by atoms with Gasteiger partial charge in [-0.2, -0.15) is 0 Å². The average molecular weight is 369 g/mol. The van der Waals surface area contributed by atoms with Crippen LogP contribution in [0.25, 0.3) is 11.1 Å². The van der Waals surface area contributed by atoms with Crippen LogP contribution in [0.15, 0.2) is 66.7 Å². The first-order valence-corrected chi connectivity index (χ1v) is 8.29. The minimum absolute atomic E-state index is 0.0662. The second kappa shape index (κ2) is 7.45. The molecule has 0 fully saturated rings. The summed E-state index contributed by atoms with van der Waals surface area (Å²) in [6.07, 6.45) is 0. The van der Waals surface area contributed by atoms with Crippen LogP contribution in [0.1, 0.15) is 0 Å². The molecule has 0 aromatic heterocycles. The molecule has 0 aliphatic rings. The number of nitro benzene ring substituents is 1. The number of benzene rings is 3. The third kappa shape index (κ3) is 3.63. The zero-order chi connectivity index (χ0) is 18.7. The first kappa shape index (κ1) is 17.8. The highest BCUT2D eigenvalue weighted by Gasteiger charge is 2.12. The Bertz CT molecular complexity index is 942. The lowest BCUT2D eigenvalue weighted by Crippen LogP contribution is -2.09. The van der Waals surface area contributed by atoms with Crippen molar-refractivity contribution in [2.24, 2.45) is 0 Å². The van der Waals surface area contributed by atoms with E-state index in [2.05, 4.69) is 0 Å². The number of nitrogens with zero attached hydrogens (tertiary/aromatic N) is 2. The third-order valence-corrected chi connectivity index (χ3v) is 4.39. The van der Waals surface area contributed by atoms with Crippen LogP contribution in [-0.4, -0.2) is 19.1 Å². The fourth-order valence-corrected chi connectivity index (χ4v) is 2.92. The van der Waals surface area contributed by atoms with Gasteiger partial charge in [0.2, 0.25) is 0 Å². The number of rotatable bonds is 5. The minimum Gasteiger partial charge on any atom is -0.496 e. The Balaban J connectivity index is 2.00. The van der Waals surface area contributed by atoms with Gasteiger partial charge in [0.15, 0.2) is 0 Å². The first-order chi connectivity index (χ1) is 12.5. The summed E-state index contributed by atoms with van der Waals surface area (Å²) in [6.45, 7) is 0. The summed E-state index contributed by atoms with van der Waals surface area (Å²) in [4.78, 5) is 12.4. The predicted octanol–water partition coefficient (Wildman–Crippen LogP) is 5.69. The number of hydrogen-bond acceptors (Lipinski definition) is 4. The molecule has 3 aromatic carbocycles. The maximum atomic E-state index is 10.8. The van der Waals surface area contributed by atoms with E-state index < -0.39 is 4.92 Å². The second-order valence-electron chi connectivity index (χ2n) is 5.73. The van der Waals surface area contributed by atoms with Gasteiger partial charge >= 0.3 is 0 Å². The van der Waals surface area contributed by atoms with Crippen LogP contribution in [0.3, 0.4) is 0 Å².